The first-order chi connectivity index (χ1) is 11.2. The number of benzene rings is 1. The van der Waals surface area contributed by atoms with Crippen molar-refractivity contribution in [2.24, 2.45) is 0 Å². The molecule has 116 valence electrons. The molecule has 0 saturated heterocycles. The van der Waals surface area contributed by atoms with Crippen molar-refractivity contribution < 1.29 is 18.7 Å². The molecule has 0 spiro atoms. The van der Waals surface area contributed by atoms with Gasteiger partial charge in [-0.15, -0.1) is 0 Å². The van der Waals surface area contributed by atoms with E-state index in [0.717, 1.165) is 5.56 Å². The van der Waals surface area contributed by atoms with Crippen molar-refractivity contribution in [3.8, 4) is 11.5 Å². The molecular formula is C17H12BrNO4. The van der Waals surface area contributed by atoms with Crippen LogP contribution in [-0.4, -0.2) is 11.0 Å². The summed E-state index contributed by atoms with van der Waals surface area (Å²) in [4.78, 5) is 15.9. The lowest BCUT2D eigenvalue weighted by molar-refractivity contribution is 0.0432. The minimum atomic E-state index is -0.535. The van der Waals surface area contributed by atoms with E-state index in [1.165, 1.54) is 0 Å². The third-order valence-corrected chi connectivity index (χ3v) is 3.39. The van der Waals surface area contributed by atoms with Crippen LogP contribution in [0.1, 0.15) is 16.1 Å². The van der Waals surface area contributed by atoms with Gasteiger partial charge in [0.15, 0.2) is 4.67 Å². The van der Waals surface area contributed by atoms with Crippen molar-refractivity contribution in [2.75, 3.05) is 0 Å². The highest BCUT2D eigenvalue weighted by Crippen LogP contribution is 2.25. The normalized spacial score (nSPS) is 10.3. The second-order valence-corrected chi connectivity index (χ2v) is 5.36. The Balaban J connectivity index is 1.69. The van der Waals surface area contributed by atoms with Crippen LogP contribution < -0.4 is 4.74 Å². The van der Waals surface area contributed by atoms with Gasteiger partial charge in [-0.1, -0.05) is 18.2 Å². The van der Waals surface area contributed by atoms with Crippen LogP contribution in [0.2, 0.25) is 0 Å². The summed E-state index contributed by atoms with van der Waals surface area (Å²) >= 11 is 3.14. The SMILES string of the molecule is O=C(OCc1ccccc1Oc1cccnc1)c1ccc(Br)o1. The molecule has 0 unspecified atom stereocenters. The molecular weight excluding hydrogens is 362 g/mol. The molecule has 0 bridgehead atoms. The number of halogens is 1. The van der Waals surface area contributed by atoms with Gasteiger partial charge in [0.05, 0.1) is 6.20 Å². The van der Waals surface area contributed by atoms with Crippen molar-refractivity contribution in [2.45, 2.75) is 6.61 Å². The molecule has 0 aliphatic heterocycles. The molecule has 23 heavy (non-hydrogen) atoms. The van der Waals surface area contributed by atoms with E-state index in [0.29, 0.717) is 16.2 Å². The zero-order valence-electron chi connectivity index (χ0n) is 11.9. The van der Waals surface area contributed by atoms with Crippen LogP contribution in [0.3, 0.4) is 0 Å². The van der Waals surface area contributed by atoms with E-state index in [-0.39, 0.29) is 12.4 Å². The number of nitrogens with zero attached hydrogens (tertiary/aromatic N) is 1. The first-order valence-corrected chi connectivity index (χ1v) is 7.60. The topological polar surface area (TPSA) is 61.6 Å². The minimum absolute atomic E-state index is 0.0770. The lowest BCUT2D eigenvalue weighted by Gasteiger charge is -2.10. The summed E-state index contributed by atoms with van der Waals surface area (Å²) in [6, 6.07) is 14.1. The Bertz CT molecular complexity index is 801. The summed E-state index contributed by atoms with van der Waals surface area (Å²) in [5.74, 6) is 0.824. The fourth-order valence-corrected chi connectivity index (χ4v) is 2.20. The lowest BCUT2D eigenvalue weighted by Crippen LogP contribution is -2.04. The number of aromatic nitrogens is 1. The monoisotopic (exact) mass is 373 g/mol. The highest BCUT2D eigenvalue weighted by Gasteiger charge is 2.13. The molecule has 6 heteroatoms. The summed E-state index contributed by atoms with van der Waals surface area (Å²) in [6.45, 7) is 0.0770. The van der Waals surface area contributed by atoms with Crippen molar-refractivity contribution in [3.63, 3.8) is 0 Å². The second-order valence-electron chi connectivity index (χ2n) is 4.58. The third-order valence-electron chi connectivity index (χ3n) is 2.97. The average Bonchev–Trinajstić information content (AvgIpc) is 3.01. The quantitative estimate of drug-likeness (QED) is 0.612. The summed E-state index contributed by atoms with van der Waals surface area (Å²) in [5, 5.41) is 0. The maximum atomic E-state index is 11.9. The average molecular weight is 374 g/mol. The predicted octanol–water partition coefficient (Wildman–Crippen LogP) is 4.59. The van der Waals surface area contributed by atoms with Gasteiger partial charge in [-0.25, -0.2) is 4.79 Å². The van der Waals surface area contributed by atoms with Gasteiger partial charge in [0.1, 0.15) is 18.1 Å². The van der Waals surface area contributed by atoms with Crippen LogP contribution in [0.5, 0.6) is 11.5 Å². The number of esters is 1. The summed E-state index contributed by atoms with van der Waals surface area (Å²) in [7, 11) is 0. The largest absolute Gasteiger partial charge is 0.455 e. The van der Waals surface area contributed by atoms with E-state index in [9.17, 15) is 4.79 Å². The standard InChI is InChI=1S/C17H12BrNO4/c18-16-8-7-15(23-16)17(20)21-11-12-4-1-2-6-14(12)22-13-5-3-9-19-10-13/h1-10H,11H2. The first-order valence-electron chi connectivity index (χ1n) is 6.80. The molecule has 3 aromatic rings. The van der Waals surface area contributed by atoms with Crippen LogP contribution in [0.15, 0.2) is 70.0 Å². The molecule has 0 aliphatic rings. The van der Waals surface area contributed by atoms with E-state index in [1.807, 2.05) is 18.2 Å². The van der Waals surface area contributed by atoms with Crippen molar-refractivity contribution in [1.29, 1.82) is 0 Å². The highest BCUT2D eigenvalue weighted by atomic mass is 79.9. The summed E-state index contributed by atoms with van der Waals surface area (Å²) in [6.07, 6.45) is 3.28. The second kappa shape index (κ2) is 7.11. The molecule has 0 amide bonds. The molecule has 3 rings (SSSR count). The van der Waals surface area contributed by atoms with Crippen molar-refractivity contribution in [1.82, 2.24) is 4.98 Å². The zero-order valence-corrected chi connectivity index (χ0v) is 13.5. The van der Waals surface area contributed by atoms with Gasteiger partial charge >= 0.3 is 5.97 Å². The van der Waals surface area contributed by atoms with E-state index in [1.54, 1.807) is 42.7 Å². The molecule has 2 heterocycles. The van der Waals surface area contributed by atoms with Gasteiger partial charge in [0.25, 0.3) is 0 Å². The molecule has 5 nitrogen and oxygen atoms in total. The van der Waals surface area contributed by atoms with Crippen LogP contribution in [0, 0.1) is 0 Å². The molecule has 0 fully saturated rings. The van der Waals surface area contributed by atoms with Crippen LogP contribution >= 0.6 is 15.9 Å². The van der Waals surface area contributed by atoms with Gasteiger partial charge in [0.2, 0.25) is 5.76 Å². The van der Waals surface area contributed by atoms with Crippen LogP contribution in [0.4, 0.5) is 0 Å². The minimum Gasteiger partial charge on any atom is -0.455 e. The maximum Gasteiger partial charge on any atom is 0.374 e. The van der Waals surface area contributed by atoms with E-state index in [2.05, 4.69) is 20.9 Å². The Kier molecular flexibility index (Phi) is 4.73. The number of pyridine rings is 1. The smallest absolute Gasteiger partial charge is 0.374 e. The van der Waals surface area contributed by atoms with Crippen molar-refractivity contribution >= 4 is 21.9 Å². The predicted molar refractivity (Wildman–Crippen MR) is 86.3 cm³/mol. The molecule has 2 aromatic heterocycles. The molecule has 0 radical (unpaired) electrons. The van der Waals surface area contributed by atoms with Crippen molar-refractivity contribution in [3.05, 3.63) is 76.9 Å². The fourth-order valence-electron chi connectivity index (χ4n) is 1.90. The van der Waals surface area contributed by atoms with Crippen LogP contribution in [-0.2, 0) is 11.3 Å². The Hall–Kier alpha value is -2.60. The van der Waals surface area contributed by atoms with Crippen LogP contribution in [0.25, 0.3) is 0 Å². The number of carbonyl (C=O) groups excluding carboxylic acids is 1. The summed E-state index contributed by atoms with van der Waals surface area (Å²) < 4.78 is 16.7. The molecule has 0 aliphatic carbocycles. The van der Waals surface area contributed by atoms with Gasteiger partial charge in [-0.05, 0) is 46.3 Å². The Morgan fingerprint density at radius 2 is 2.00 bits per heavy atom. The number of hydrogen-bond donors (Lipinski definition) is 0. The summed E-state index contributed by atoms with van der Waals surface area (Å²) in [5.41, 5.74) is 0.746. The molecule has 0 saturated carbocycles. The van der Waals surface area contributed by atoms with Gasteiger partial charge in [0, 0.05) is 11.8 Å². The number of hydrogen-bond acceptors (Lipinski definition) is 5. The number of furan rings is 1. The molecule has 1 aromatic carbocycles. The zero-order chi connectivity index (χ0) is 16.1. The lowest BCUT2D eigenvalue weighted by atomic mass is 10.2. The van der Waals surface area contributed by atoms with E-state index >= 15 is 0 Å². The molecule has 0 N–H and O–H groups in total. The van der Waals surface area contributed by atoms with Gasteiger partial charge in [-0.2, -0.15) is 0 Å². The Labute approximate surface area is 141 Å². The Morgan fingerprint density at radius 1 is 1.13 bits per heavy atom. The third kappa shape index (κ3) is 3.98. The Morgan fingerprint density at radius 3 is 2.74 bits per heavy atom. The number of rotatable bonds is 5. The first kappa shape index (κ1) is 15.3. The number of carbonyl (C=O) groups is 1. The van der Waals surface area contributed by atoms with E-state index < -0.39 is 5.97 Å². The van der Waals surface area contributed by atoms with E-state index in [4.69, 9.17) is 13.9 Å². The number of para-hydroxylation sites is 1. The number of ether oxygens (including phenoxy) is 2. The highest BCUT2D eigenvalue weighted by molar-refractivity contribution is 9.10. The molecule has 0 atom stereocenters. The fraction of sp³-hybridized carbons (Fsp3) is 0.0588. The maximum absolute atomic E-state index is 11.9. The van der Waals surface area contributed by atoms with Gasteiger partial charge in [-0.3, -0.25) is 4.98 Å². The van der Waals surface area contributed by atoms with Gasteiger partial charge < -0.3 is 13.9 Å².